The number of hydrogen-bond donors (Lipinski definition) is 1. The van der Waals surface area contributed by atoms with Gasteiger partial charge in [0.1, 0.15) is 5.75 Å². The zero-order chi connectivity index (χ0) is 14.1. The first-order valence-corrected chi connectivity index (χ1v) is 6.79. The van der Waals surface area contributed by atoms with Crippen LogP contribution < -0.4 is 4.90 Å². The predicted molar refractivity (Wildman–Crippen MR) is 84.3 cm³/mol. The zero-order valence-electron chi connectivity index (χ0n) is 11.5. The monoisotopic (exact) mass is 263 g/mol. The fourth-order valence-corrected chi connectivity index (χ4v) is 2.68. The Bertz CT molecular complexity index is 686. The van der Waals surface area contributed by atoms with Crippen LogP contribution in [0.1, 0.15) is 24.5 Å². The summed E-state index contributed by atoms with van der Waals surface area (Å²) >= 11 is 0. The van der Waals surface area contributed by atoms with E-state index < -0.39 is 0 Å². The van der Waals surface area contributed by atoms with Gasteiger partial charge in [0.25, 0.3) is 0 Å². The lowest BCUT2D eigenvalue weighted by molar-refractivity contribution is 0.473. The number of aromatic hydroxyl groups is 1. The number of fused-ring (bicyclic) bond motifs is 1. The molecule has 0 spiro atoms. The Morgan fingerprint density at radius 2 is 1.80 bits per heavy atom. The van der Waals surface area contributed by atoms with E-state index in [0.717, 1.165) is 28.9 Å². The van der Waals surface area contributed by atoms with E-state index in [4.69, 9.17) is 0 Å². The van der Waals surface area contributed by atoms with E-state index in [1.165, 1.54) is 5.70 Å². The van der Waals surface area contributed by atoms with Gasteiger partial charge in [0.2, 0.25) is 0 Å². The summed E-state index contributed by atoms with van der Waals surface area (Å²) in [5.74, 6) is 0.278. The van der Waals surface area contributed by atoms with Crippen LogP contribution >= 0.6 is 0 Å². The quantitative estimate of drug-likeness (QED) is 0.853. The molecule has 0 fully saturated rings. The van der Waals surface area contributed by atoms with Crippen molar-refractivity contribution < 1.29 is 5.11 Å². The number of benzene rings is 2. The maximum atomic E-state index is 10.1. The number of para-hydroxylation sites is 1. The van der Waals surface area contributed by atoms with Crippen LogP contribution in [-0.4, -0.2) is 5.11 Å². The third kappa shape index (κ3) is 1.90. The van der Waals surface area contributed by atoms with Crippen molar-refractivity contribution in [3.63, 3.8) is 0 Å². The lowest BCUT2D eigenvalue weighted by Gasteiger charge is -2.33. The number of hydrogen-bond acceptors (Lipinski definition) is 2. The van der Waals surface area contributed by atoms with Crippen LogP contribution in [0.2, 0.25) is 0 Å². The first kappa shape index (κ1) is 12.5. The van der Waals surface area contributed by atoms with E-state index in [1.807, 2.05) is 30.3 Å². The molecule has 2 nitrogen and oxygen atoms in total. The molecular weight excluding hydrogens is 246 g/mol. The van der Waals surface area contributed by atoms with E-state index in [0.29, 0.717) is 0 Å². The van der Waals surface area contributed by atoms with Crippen LogP contribution in [0.3, 0.4) is 0 Å². The van der Waals surface area contributed by atoms with Gasteiger partial charge in [0.05, 0.1) is 5.70 Å². The van der Waals surface area contributed by atoms with Crippen LogP contribution in [-0.2, 0) is 0 Å². The highest BCUT2D eigenvalue weighted by Gasteiger charge is 2.24. The molecule has 1 aliphatic rings. The second-order valence-corrected chi connectivity index (χ2v) is 4.85. The molecule has 20 heavy (non-hydrogen) atoms. The van der Waals surface area contributed by atoms with Crippen molar-refractivity contribution in [3.05, 3.63) is 71.9 Å². The second-order valence-electron chi connectivity index (χ2n) is 4.85. The van der Waals surface area contributed by atoms with Gasteiger partial charge >= 0.3 is 0 Å². The minimum absolute atomic E-state index is 0.278. The second kappa shape index (κ2) is 4.89. The number of rotatable bonds is 2. The average Bonchev–Trinajstić information content (AvgIpc) is 2.47. The zero-order valence-corrected chi connectivity index (χ0v) is 11.5. The summed E-state index contributed by atoms with van der Waals surface area (Å²) in [6, 6.07) is 15.7. The lowest BCUT2D eigenvalue weighted by atomic mass is 9.96. The van der Waals surface area contributed by atoms with Gasteiger partial charge in [0, 0.05) is 16.9 Å². The summed E-state index contributed by atoms with van der Waals surface area (Å²) in [4.78, 5) is 2.11. The van der Waals surface area contributed by atoms with E-state index in [-0.39, 0.29) is 5.75 Å². The summed E-state index contributed by atoms with van der Waals surface area (Å²) in [5.41, 5.74) is 4.91. The Labute approximate surface area is 119 Å². The van der Waals surface area contributed by atoms with Gasteiger partial charge in [-0.3, -0.25) is 0 Å². The van der Waals surface area contributed by atoms with E-state index in [9.17, 15) is 5.11 Å². The third-order valence-electron chi connectivity index (χ3n) is 3.62. The predicted octanol–water partition coefficient (Wildman–Crippen LogP) is 4.63. The summed E-state index contributed by atoms with van der Waals surface area (Å²) in [6.07, 6.45) is 3.03. The minimum Gasteiger partial charge on any atom is -0.507 e. The molecule has 2 heteroatoms. The van der Waals surface area contributed by atoms with Crippen LogP contribution in [0.15, 0.2) is 60.8 Å². The van der Waals surface area contributed by atoms with Gasteiger partial charge in [-0.15, -0.1) is 0 Å². The van der Waals surface area contributed by atoms with Crippen molar-refractivity contribution in [3.8, 4) is 5.75 Å². The van der Waals surface area contributed by atoms with Crippen molar-refractivity contribution in [2.24, 2.45) is 0 Å². The van der Waals surface area contributed by atoms with Crippen LogP contribution in [0.5, 0.6) is 5.75 Å². The molecule has 0 aliphatic carbocycles. The Morgan fingerprint density at radius 1 is 1.05 bits per heavy atom. The standard InChI is InChI=1S/C18H17NO/c1-3-15-12-14-8-7-11-17(20)18(14)13(2)19(15)16-9-5-4-6-10-16/h4-12,20H,2-3H2,1H3. The highest BCUT2D eigenvalue weighted by atomic mass is 16.3. The molecular formula is C18H17NO. The first-order chi connectivity index (χ1) is 9.72. The molecule has 100 valence electrons. The molecule has 1 N–H and O–H groups in total. The molecule has 2 aromatic rings. The SMILES string of the molecule is C=C1c2c(O)cccc2C=C(CC)N1c1ccccc1. The molecule has 0 amide bonds. The van der Waals surface area contributed by atoms with Gasteiger partial charge < -0.3 is 10.0 Å². The molecule has 0 atom stereocenters. The normalized spacial score (nSPS) is 13.9. The largest absolute Gasteiger partial charge is 0.507 e. The van der Waals surface area contributed by atoms with Crippen molar-refractivity contribution in [2.45, 2.75) is 13.3 Å². The number of anilines is 1. The maximum Gasteiger partial charge on any atom is 0.125 e. The van der Waals surface area contributed by atoms with Gasteiger partial charge in [-0.05, 0) is 36.3 Å². The van der Waals surface area contributed by atoms with E-state index >= 15 is 0 Å². The highest BCUT2D eigenvalue weighted by Crippen LogP contribution is 2.40. The molecule has 1 heterocycles. The lowest BCUT2D eigenvalue weighted by Crippen LogP contribution is -2.23. The van der Waals surface area contributed by atoms with Gasteiger partial charge in [-0.2, -0.15) is 0 Å². The summed E-state index contributed by atoms with van der Waals surface area (Å²) < 4.78 is 0. The minimum atomic E-state index is 0.278. The van der Waals surface area contributed by atoms with Crippen LogP contribution in [0.4, 0.5) is 5.69 Å². The molecule has 0 bridgehead atoms. The van der Waals surface area contributed by atoms with E-state index in [2.05, 4.69) is 36.6 Å². The van der Waals surface area contributed by atoms with Crippen molar-refractivity contribution >= 4 is 17.5 Å². The molecule has 0 aromatic heterocycles. The summed E-state index contributed by atoms with van der Waals surface area (Å²) in [7, 11) is 0. The molecule has 1 aliphatic heterocycles. The smallest absolute Gasteiger partial charge is 0.125 e. The Morgan fingerprint density at radius 3 is 2.50 bits per heavy atom. The molecule has 2 aromatic carbocycles. The first-order valence-electron chi connectivity index (χ1n) is 6.79. The molecule has 0 radical (unpaired) electrons. The summed E-state index contributed by atoms with van der Waals surface area (Å²) in [6.45, 7) is 6.33. The van der Waals surface area contributed by atoms with Crippen molar-refractivity contribution in [1.29, 1.82) is 0 Å². The van der Waals surface area contributed by atoms with Crippen molar-refractivity contribution in [2.75, 3.05) is 4.90 Å². The topological polar surface area (TPSA) is 23.5 Å². The Balaban J connectivity index is 2.19. The summed E-state index contributed by atoms with van der Waals surface area (Å²) in [5, 5.41) is 10.1. The highest BCUT2D eigenvalue weighted by molar-refractivity contribution is 5.92. The third-order valence-corrected chi connectivity index (χ3v) is 3.62. The molecule has 0 saturated heterocycles. The van der Waals surface area contributed by atoms with E-state index in [1.54, 1.807) is 6.07 Å². The maximum absolute atomic E-state index is 10.1. The van der Waals surface area contributed by atoms with Gasteiger partial charge in [-0.25, -0.2) is 0 Å². The number of nitrogens with zero attached hydrogens (tertiary/aromatic N) is 1. The average molecular weight is 263 g/mol. The molecule has 3 rings (SSSR count). The van der Waals surface area contributed by atoms with Gasteiger partial charge in [-0.1, -0.05) is 43.8 Å². The fraction of sp³-hybridized carbons (Fsp3) is 0.111. The number of allylic oxidation sites excluding steroid dienone is 1. The van der Waals surface area contributed by atoms with Crippen molar-refractivity contribution in [1.82, 2.24) is 0 Å². The fourth-order valence-electron chi connectivity index (χ4n) is 2.68. The number of phenolic OH excluding ortho intramolecular Hbond substituents is 1. The Kier molecular flexibility index (Phi) is 3.07. The number of phenols is 1. The molecule has 0 unspecified atom stereocenters. The van der Waals surface area contributed by atoms with Crippen LogP contribution in [0.25, 0.3) is 11.8 Å². The molecule has 0 saturated carbocycles. The van der Waals surface area contributed by atoms with Gasteiger partial charge in [0.15, 0.2) is 0 Å². The Hall–Kier alpha value is -2.48. The van der Waals surface area contributed by atoms with Crippen LogP contribution in [0, 0.1) is 0 Å².